The molecular formula is C19H25NO4. The first-order valence-electron chi connectivity index (χ1n) is 8.10. The zero-order valence-electron chi connectivity index (χ0n) is 14.5. The molecule has 0 aliphatic rings. The van der Waals surface area contributed by atoms with Crippen molar-refractivity contribution in [1.29, 1.82) is 0 Å². The minimum absolute atomic E-state index is 0.164. The number of carbonyl (C=O) groups excluding carboxylic acids is 1. The third-order valence-corrected chi connectivity index (χ3v) is 3.43. The molecule has 1 atom stereocenters. The number of nitrogens with one attached hydrogen (secondary N) is 1. The van der Waals surface area contributed by atoms with E-state index in [9.17, 15) is 4.79 Å². The van der Waals surface area contributed by atoms with Crippen LogP contribution in [0.15, 0.2) is 47.1 Å². The summed E-state index contributed by atoms with van der Waals surface area (Å²) in [6.45, 7) is 5.65. The summed E-state index contributed by atoms with van der Waals surface area (Å²) in [6, 6.07) is 10.7. The first-order valence-corrected chi connectivity index (χ1v) is 8.10. The molecule has 5 nitrogen and oxygen atoms in total. The smallest absolute Gasteiger partial charge is 0.251 e. The molecule has 0 spiro atoms. The number of amides is 1. The molecule has 1 aromatic carbocycles. The van der Waals surface area contributed by atoms with Crippen LogP contribution in [0.4, 0.5) is 0 Å². The lowest BCUT2D eigenvalue weighted by Crippen LogP contribution is -2.31. The van der Waals surface area contributed by atoms with E-state index in [1.54, 1.807) is 25.5 Å². The topological polar surface area (TPSA) is 60.7 Å². The van der Waals surface area contributed by atoms with Gasteiger partial charge in [0.1, 0.15) is 11.8 Å². The number of hydrogen-bond donors (Lipinski definition) is 1. The standard InChI is InChI=1S/C19H25NO4/c1-14(2)11-23-13-17(18-8-5-9-24-18)20-19(21)16-7-4-6-15(10-16)12-22-3/h4-10,14,17H,11-13H2,1-3H3,(H,20,21)/t17-/m1/s1. The number of hydrogen-bond acceptors (Lipinski definition) is 4. The third kappa shape index (κ3) is 5.51. The largest absolute Gasteiger partial charge is 0.467 e. The van der Waals surface area contributed by atoms with Gasteiger partial charge in [0.25, 0.3) is 5.91 Å². The molecule has 0 aliphatic carbocycles. The fourth-order valence-corrected chi connectivity index (χ4v) is 2.32. The molecule has 2 rings (SSSR count). The number of methoxy groups -OCH3 is 1. The third-order valence-electron chi connectivity index (χ3n) is 3.43. The fourth-order valence-electron chi connectivity index (χ4n) is 2.32. The zero-order valence-corrected chi connectivity index (χ0v) is 14.5. The number of benzene rings is 1. The number of carbonyl (C=O) groups is 1. The highest BCUT2D eigenvalue weighted by Gasteiger charge is 2.19. The van der Waals surface area contributed by atoms with E-state index in [-0.39, 0.29) is 11.9 Å². The van der Waals surface area contributed by atoms with Gasteiger partial charge in [-0.05, 0) is 35.7 Å². The highest BCUT2D eigenvalue weighted by atomic mass is 16.5. The van der Waals surface area contributed by atoms with Crippen LogP contribution >= 0.6 is 0 Å². The lowest BCUT2D eigenvalue weighted by atomic mass is 10.1. The Labute approximate surface area is 143 Å². The van der Waals surface area contributed by atoms with Crippen molar-refractivity contribution in [3.63, 3.8) is 0 Å². The molecule has 1 amide bonds. The summed E-state index contributed by atoms with van der Waals surface area (Å²) in [4.78, 5) is 12.6. The van der Waals surface area contributed by atoms with Crippen LogP contribution in [-0.2, 0) is 16.1 Å². The maximum atomic E-state index is 12.6. The molecule has 24 heavy (non-hydrogen) atoms. The molecule has 0 unspecified atom stereocenters. The molecule has 0 aliphatic heterocycles. The Balaban J connectivity index is 2.05. The Kier molecular flexibility index (Phi) is 7.03. The molecule has 2 aromatic rings. The second-order valence-corrected chi connectivity index (χ2v) is 6.11. The summed E-state index contributed by atoms with van der Waals surface area (Å²) in [5.74, 6) is 0.950. The second kappa shape index (κ2) is 9.25. The molecule has 1 aromatic heterocycles. The first kappa shape index (κ1) is 18.2. The van der Waals surface area contributed by atoms with Crippen molar-refractivity contribution in [1.82, 2.24) is 5.32 Å². The van der Waals surface area contributed by atoms with E-state index in [2.05, 4.69) is 19.2 Å². The maximum absolute atomic E-state index is 12.6. The monoisotopic (exact) mass is 331 g/mol. The van der Waals surface area contributed by atoms with E-state index in [0.29, 0.717) is 37.1 Å². The van der Waals surface area contributed by atoms with E-state index in [1.165, 1.54) is 0 Å². The molecule has 5 heteroatoms. The van der Waals surface area contributed by atoms with Crippen LogP contribution in [0.3, 0.4) is 0 Å². The van der Waals surface area contributed by atoms with Gasteiger partial charge >= 0.3 is 0 Å². The van der Waals surface area contributed by atoms with Crippen LogP contribution in [0.1, 0.15) is 41.6 Å². The van der Waals surface area contributed by atoms with Gasteiger partial charge in [-0.25, -0.2) is 0 Å². The van der Waals surface area contributed by atoms with Crippen molar-refractivity contribution in [3.05, 3.63) is 59.5 Å². The summed E-state index contributed by atoms with van der Waals surface area (Å²) in [6.07, 6.45) is 1.59. The Bertz CT molecular complexity index is 622. The molecule has 1 N–H and O–H groups in total. The van der Waals surface area contributed by atoms with Gasteiger partial charge in [-0.2, -0.15) is 0 Å². The SMILES string of the molecule is COCc1cccc(C(=O)N[C@H](COCC(C)C)c2ccco2)c1. The van der Waals surface area contributed by atoms with Crippen LogP contribution in [0.5, 0.6) is 0 Å². The van der Waals surface area contributed by atoms with Crippen molar-refractivity contribution in [3.8, 4) is 0 Å². The van der Waals surface area contributed by atoms with Gasteiger partial charge in [0.15, 0.2) is 0 Å². The molecule has 0 bridgehead atoms. The summed E-state index contributed by atoms with van der Waals surface area (Å²) < 4.78 is 16.2. The molecule has 0 radical (unpaired) electrons. The number of rotatable bonds is 9. The van der Waals surface area contributed by atoms with Gasteiger partial charge in [-0.1, -0.05) is 26.0 Å². The highest BCUT2D eigenvalue weighted by molar-refractivity contribution is 5.94. The van der Waals surface area contributed by atoms with Crippen molar-refractivity contribution in [2.75, 3.05) is 20.3 Å². The van der Waals surface area contributed by atoms with Crippen LogP contribution in [-0.4, -0.2) is 26.2 Å². The predicted molar refractivity (Wildman–Crippen MR) is 91.7 cm³/mol. The molecule has 0 saturated carbocycles. The van der Waals surface area contributed by atoms with E-state index in [0.717, 1.165) is 5.56 Å². The molecule has 1 heterocycles. The van der Waals surface area contributed by atoms with Crippen LogP contribution < -0.4 is 5.32 Å². The quantitative estimate of drug-likeness (QED) is 0.763. The van der Waals surface area contributed by atoms with Crippen LogP contribution in [0, 0.1) is 5.92 Å². The predicted octanol–water partition coefficient (Wildman–Crippen LogP) is 3.57. The average molecular weight is 331 g/mol. The number of furan rings is 1. The summed E-state index contributed by atoms with van der Waals surface area (Å²) in [7, 11) is 1.63. The van der Waals surface area contributed by atoms with Crippen molar-refractivity contribution in [2.24, 2.45) is 5.92 Å². The summed E-state index contributed by atoms with van der Waals surface area (Å²) >= 11 is 0. The van der Waals surface area contributed by atoms with Gasteiger partial charge in [-0.15, -0.1) is 0 Å². The van der Waals surface area contributed by atoms with E-state index in [1.807, 2.05) is 24.3 Å². The highest BCUT2D eigenvalue weighted by Crippen LogP contribution is 2.16. The zero-order chi connectivity index (χ0) is 17.4. The van der Waals surface area contributed by atoms with E-state index >= 15 is 0 Å². The number of ether oxygens (including phenoxy) is 2. The van der Waals surface area contributed by atoms with Gasteiger partial charge in [0.05, 0.1) is 19.5 Å². The fraction of sp³-hybridized carbons (Fsp3) is 0.421. The minimum Gasteiger partial charge on any atom is -0.467 e. The van der Waals surface area contributed by atoms with Gasteiger partial charge in [0.2, 0.25) is 0 Å². The Hall–Kier alpha value is -2.11. The van der Waals surface area contributed by atoms with Crippen molar-refractivity contribution >= 4 is 5.91 Å². The van der Waals surface area contributed by atoms with Crippen molar-refractivity contribution < 1.29 is 18.7 Å². The second-order valence-electron chi connectivity index (χ2n) is 6.11. The van der Waals surface area contributed by atoms with Crippen LogP contribution in [0.25, 0.3) is 0 Å². The van der Waals surface area contributed by atoms with E-state index < -0.39 is 0 Å². The van der Waals surface area contributed by atoms with Crippen molar-refractivity contribution in [2.45, 2.75) is 26.5 Å². The van der Waals surface area contributed by atoms with Gasteiger partial charge in [-0.3, -0.25) is 4.79 Å². The average Bonchev–Trinajstić information content (AvgIpc) is 3.08. The van der Waals surface area contributed by atoms with Gasteiger partial charge in [0, 0.05) is 19.3 Å². The molecular weight excluding hydrogens is 306 g/mol. The Morgan fingerprint density at radius 3 is 2.71 bits per heavy atom. The molecule has 130 valence electrons. The summed E-state index contributed by atoms with van der Waals surface area (Å²) in [5.41, 5.74) is 1.54. The lowest BCUT2D eigenvalue weighted by molar-refractivity contribution is 0.0730. The van der Waals surface area contributed by atoms with E-state index in [4.69, 9.17) is 13.9 Å². The Morgan fingerprint density at radius 2 is 2.04 bits per heavy atom. The lowest BCUT2D eigenvalue weighted by Gasteiger charge is -2.18. The molecule has 0 fully saturated rings. The first-order chi connectivity index (χ1) is 11.6. The minimum atomic E-state index is -0.322. The van der Waals surface area contributed by atoms with Gasteiger partial charge < -0.3 is 19.2 Å². The molecule has 0 saturated heterocycles. The van der Waals surface area contributed by atoms with Crippen LogP contribution in [0.2, 0.25) is 0 Å². The summed E-state index contributed by atoms with van der Waals surface area (Å²) in [5, 5.41) is 2.98. The Morgan fingerprint density at radius 1 is 1.21 bits per heavy atom. The maximum Gasteiger partial charge on any atom is 0.251 e. The normalized spacial score (nSPS) is 12.3.